The third-order valence-electron chi connectivity index (χ3n) is 8.48. The van der Waals surface area contributed by atoms with Gasteiger partial charge in [0.1, 0.15) is 17.2 Å². The minimum absolute atomic E-state index is 0.154. The largest absolute Gasteiger partial charge is 0.444 e. The lowest BCUT2D eigenvalue weighted by Gasteiger charge is -2.36. The van der Waals surface area contributed by atoms with Crippen LogP contribution in [-0.4, -0.2) is 107 Å². The Morgan fingerprint density at radius 1 is 0.882 bits per heavy atom. The van der Waals surface area contributed by atoms with Crippen LogP contribution in [0.15, 0.2) is 36.1 Å². The molecule has 51 heavy (non-hydrogen) atoms. The molecule has 0 saturated carbocycles. The Morgan fingerprint density at radius 3 is 1.73 bits per heavy atom. The van der Waals surface area contributed by atoms with Crippen LogP contribution in [0.5, 0.6) is 0 Å². The molecule has 2 fully saturated rings. The zero-order valence-corrected chi connectivity index (χ0v) is 33.3. The van der Waals surface area contributed by atoms with Gasteiger partial charge in [0.05, 0.1) is 13.2 Å². The molecule has 1 aromatic rings. The molecule has 13 nitrogen and oxygen atoms in total. The fourth-order valence-corrected chi connectivity index (χ4v) is 6.66. The third kappa shape index (κ3) is 16.1. The molecule has 3 rings (SSSR count). The summed E-state index contributed by atoms with van der Waals surface area (Å²) < 4.78 is 10.6. The predicted molar refractivity (Wildman–Crippen MR) is 200 cm³/mol. The maximum absolute atomic E-state index is 12.8. The van der Waals surface area contributed by atoms with Crippen molar-refractivity contribution in [1.82, 2.24) is 30.5 Å². The van der Waals surface area contributed by atoms with Crippen molar-refractivity contribution in [2.75, 3.05) is 40.3 Å². The molecule has 0 radical (unpaired) electrons. The van der Waals surface area contributed by atoms with E-state index in [4.69, 9.17) is 14.3 Å². The van der Waals surface area contributed by atoms with Crippen LogP contribution >= 0.6 is 11.3 Å². The fraction of sp³-hybridized carbons (Fsp3) is 0.703. The summed E-state index contributed by atoms with van der Waals surface area (Å²) in [5.41, 5.74) is 0.840. The normalized spacial score (nSPS) is 19.0. The fourth-order valence-electron chi connectivity index (χ4n) is 6.03. The lowest BCUT2D eigenvalue weighted by molar-refractivity contribution is -0.171. The lowest BCUT2D eigenvalue weighted by Crippen LogP contribution is -2.50. The molecule has 0 aromatic carbocycles. The van der Waals surface area contributed by atoms with E-state index in [-0.39, 0.29) is 11.7 Å². The number of carbonyl (C=O) groups is 4. The zero-order chi connectivity index (χ0) is 38.5. The van der Waals surface area contributed by atoms with Crippen LogP contribution in [0.3, 0.4) is 0 Å². The first-order valence-corrected chi connectivity index (χ1v) is 18.6. The van der Waals surface area contributed by atoms with Gasteiger partial charge in [0.25, 0.3) is 5.91 Å². The maximum Gasteiger partial charge on any atom is 0.408 e. The molecule has 2 aliphatic rings. The Labute approximate surface area is 309 Å². The van der Waals surface area contributed by atoms with E-state index in [0.717, 1.165) is 68.3 Å². The van der Waals surface area contributed by atoms with E-state index in [9.17, 15) is 19.2 Å². The second-order valence-electron chi connectivity index (χ2n) is 15.5. The predicted octanol–water partition coefficient (Wildman–Crippen LogP) is 6.39. The molecule has 288 valence electrons. The quantitative estimate of drug-likeness (QED) is 0.183. The molecule has 2 N–H and O–H groups in total. The molecule has 2 unspecified atom stereocenters. The first kappa shape index (κ1) is 43.5. The number of hydrogen-bond acceptors (Lipinski definition) is 11. The molecule has 2 saturated heterocycles. The second kappa shape index (κ2) is 19.8. The van der Waals surface area contributed by atoms with Gasteiger partial charge in [0, 0.05) is 56.2 Å². The van der Waals surface area contributed by atoms with Crippen LogP contribution in [0.2, 0.25) is 0 Å². The van der Waals surface area contributed by atoms with Gasteiger partial charge in [-0.3, -0.25) is 14.4 Å². The SMILES string of the molecule is C=C(C)N1CCCC(C[C@H](NC(=O)OC(C)(C)C)C(=O)N(C)OC)C1.C=C(C)N1CCCC(C[C@H](NC(=O)OC(C)(C)C)C(=O)c2nccs2)C1. The Balaban J connectivity index is 0.000000354. The van der Waals surface area contributed by atoms with Crippen molar-refractivity contribution in [1.29, 1.82) is 0 Å². The molecule has 0 spiro atoms. The third-order valence-corrected chi connectivity index (χ3v) is 9.27. The minimum atomic E-state index is -0.685. The van der Waals surface area contributed by atoms with E-state index < -0.39 is 35.5 Å². The molecule has 0 bridgehead atoms. The first-order chi connectivity index (χ1) is 23.7. The number of ether oxygens (including phenoxy) is 2. The number of rotatable bonds is 12. The smallest absolute Gasteiger partial charge is 0.408 e. The van der Waals surface area contributed by atoms with Gasteiger partial charge in [-0.05, 0) is 106 Å². The highest BCUT2D eigenvalue weighted by Crippen LogP contribution is 2.26. The van der Waals surface area contributed by atoms with Gasteiger partial charge in [-0.2, -0.15) is 0 Å². The average molecular weight is 735 g/mol. The highest BCUT2D eigenvalue weighted by Gasteiger charge is 2.33. The van der Waals surface area contributed by atoms with Gasteiger partial charge in [-0.25, -0.2) is 19.6 Å². The summed E-state index contributed by atoms with van der Waals surface area (Å²) in [6.45, 7) is 26.5. The number of Topliss-reactive ketones (excluding diaryl/α,β-unsaturated/α-hetero) is 1. The summed E-state index contributed by atoms with van der Waals surface area (Å²) in [5, 5.41) is 8.80. The second-order valence-corrected chi connectivity index (χ2v) is 16.4. The van der Waals surface area contributed by atoms with Crippen molar-refractivity contribution in [3.05, 3.63) is 41.1 Å². The summed E-state index contributed by atoms with van der Waals surface area (Å²) in [4.78, 5) is 63.3. The number of hydrogen-bond donors (Lipinski definition) is 2. The van der Waals surface area contributed by atoms with Crippen molar-refractivity contribution in [2.24, 2.45) is 11.8 Å². The van der Waals surface area contributed by atoms with E-state index in [1.807, 2.05) is 13.8 Å². The molecule has 4 atom stereocenters. The summed E-state index contributed by atoms with van der Waals surface area (Å²) in [6, 6.07) is -1.32. The van der Waals surface area contributed by atoms with Gasteiger partial charge < -0.3 is 29.9 Å². The number of alkyl carbamates (subject to hydrolysis) is 2. The van der Waals surface area contributed by atoms with Gasteiger partial charge in [-0.15, -0.1) is 11.3 Å². The average Bonchev–Trinajstić information content (AvgIpc) is 3.57. The Bertz CT molecular complexity index is 1320. The van der Waals surface area contributed by atoms with E-state index in [0.29, 0.717) is 29.7 Å². The first-order valence-electron chi connectivity index (χ1n) is 17.7. The lowest BCUT2D eigenvalue weighted by atomic mass is 9.89. The Hall–Kier alpha value is -3.65. The van der Waals surface area contributed by atoms with Crippen LogP contribution < -0.4 is 10.6 Å². The van der Waals surface area contributed by atoms with Crippen LogP contribution in [-0.2, 0) is 19.1 Å². The highest BCUT2D eigenvalue weighted by molar-refractivity contribution is 7.11. The van der Waals surface area contributed by atoms with E-state index in [1.165, 1.54) is 25.5 Å². The van der Waals surface area contributed by atoms with E-state index >= 15 is 0 Å². The van der Waals surface area contributed by atoms with Gasteiger partial charge in [0.15, 0.2) is 5.01 Å². The molecule has 3 amide bonds. The van der Waals surface area contributed by atoms with Crippen molar-refractivity contribution >= 4 is 35.2 Å². The highest BCUT2D eigenvalue weighted by atomic mass is 32.1. The number of aromatic nitrogens is 1. The molecular weight excluding hydrogens is 673 g/mol. The van der Waals surface area contributed by atoms with Gasteiger partial charge in [-0.1, -0.05) is 13.2 Å². The topological polar surface area (TPSA) is 143 Å². The number of piperidine rings is 2. The number of carbonyl (C=O) groups excluding carboxylic acids is 4. The summed E-state index contributed by atoms with van der Waals surface area (Å²) >= 11 is 1.29. The number of ketones is 1. The number of hydroxylamine groups is 2. The number of likely N-dealkylation sites (N-methyl/N-ethyl adjacent to an activating group) is 1. The number of likely N-dealkylation sites (tertiary alicyclic amines) is 2. The molecule has 1 aromatic heterocycles. The number of allylic oxidation sites excluding steroid dienone is 2. The molecular formula is C37H62N6O7S. The van der Waals surface area contributed by atoms with Gasteiger partial charge >= 0.3 is 12.2 Å². The Kier molecular flexibility index (Phi) is 16.9. The molecule has 3 heterocycles. The maximum atomic E-state index is 12.8. The molecule has 2 aliphatic heterocycles. The molecule has 14 heteroatoms. The minimum Gasteiger partial charge on any atom is -0.444 e. The summed E-state index contributed by atoms with van der Waals surface area (Å²) in [5.74, 6) is 0.156. The van der Waals surface area contributed by atoms with Crippen LogP contribution in [0.25, 0.3) is 0 Å². The van der Waals surface area contributed by atoms with E-state index in [1.54, 1.807) is 53.1 Å². The summed E-state index contributed by atoms with van der Waals surface area (Å²) in [6.07, 6.45) is 5.69. The van der Waals surface area contributed by atoms with Crippen molar-refractivity contribution in [3.8, 4) is 0 Å². The van der Waals surface area contributed by atoms with Crippen LogP contribution in [0.4, 0.5) is 9.59 Å². The standard InChI is InChI=1S/C19H29N3O3S.C18H33N3O4/c1-13(2)22-9-6-7-14(12-22)11-15(16(23)17-20-8-10-26-17)21-18(24)25-19(3,4)5;1-13(2)21-10-8-9-14(12-21)11-15(16(22)20(6)24-7)19-17(23)25-18(3,4)5/h8,10,14-15H,1,6-7,9,11-12H2,2-5H3,(H,21,24);14-15H,1,8-12H2,2-7H3,(H,19,23)/t2*14?,15-/m00/s1. The summed E-state index contributed by atoms with van der Waals surface area (Å²) in [7, 11) is 2.96. The van der Waals surface area contributed by atoms with Crippen molar-refractivity contribution in [2.45, 2.75) is 117 Å². The number of amides is 3. The van der Waals surface area contributed by atoms with E-state index in [2.05, 4.69) is 38.6 Å². The number of nitrogens with zero attached hydrogens (tertiary/aromatic N) is 4. The molecule has 0 aliphatic carbocycles. The Morgan fingerprint density at radius 2 is 1.33 bits per heavy atom. The van der Waals surface area contributed by atoms with Crippen molar-refractivity contribution in [3.63, 3.8) is 0 Å². The van der Waals surface area contributed by atoms with Crippen LogP contribution in [0, 0.1) is 11.8 Å². The van der Waals surface area contributed by atoms with Crippen LogP contribution in [0.1, 0.15) is 104 Å². The van der Waals surface area contributed by atoms with Crippen molar-refractivity contribution < 1.29 is 33.5 Å². The monoisotopic (exact) mass is 734 g/mol. The number of nitrogens with one attached hydrogen (secondary N) is 2. The van der Waals surface area contributed by atoms with Gasteiger partial charge in [0.2, 0.25) is 5.78 Å². The zero-order valence-electron chi connectivity index (χ0n) is 32.5. The number of thiazole rings is 1.